The van der Waals surface area contributed by atoms with Crippen molar-refractivity contribution < 1.29 is 4.79 Å². The molecule has 1 aliphatic carbocycles. The molecular weight excluding hydrogens is 128 g/mol. The number of amides is 1. The van der Waals surface area contributed by atoms with Crippen molar-refractivity contribution >= 4 is 11.6 Å². The smallest absolute Gasteiger partial charge is 0.245 e. The number of nitrogens with one attached hydrogen (secondary N) is 1. The number of carbonyl (C=O) groups is 1. The molecule has 2 rings (SSSR count). The minimum atomic E-state index is 0.0446. The maximum Gasteiger partial charge on any atom is 0.245 e. The third-order valence-corrected chi connectivity index (χ3v) is 2.34. The van der Waals surface area contributed by atoms with Crippen LogP contribution in [-0.4, -0.2) is 11.6 Å². The van der Waals surface area contributed by atoms with Gasteiger partial charge in [0.25, 0.3) is 0 Å². The van der Waals surface area contributed by atoms with Gasteiger partial charge in [-0.3, -0.25) is 4.79 Å². The molecule has 3 nitrogen and oxygen atoms in total. The van der Waals surface area contributed by atoms with E-state index >= 15 is 0 Å². The van der Waals surface area contributed by atoms with Gasteiger partial charge in [-0.15, -0.1) is 0 Å². The molecule has 0 aromatic heterocycles. The minimum absolute atomic E-state index is 0.0446. The molecule has 54 valence electrons. The van der Waals surface area contributed by atoms with Gasteiger partial charge < -0.3 is 0 Å². The molecule has 1 saturated carbocycles. The van der Waals surface area contributed by atoms with E-state index in [2.05, 4.69) is 17.5 Å². The van der Waals surface area contributed by atoms with Crippen LogP contribution >= 0.6 is 0 Å². The SMILES string of the molecule is CC1(C2=NNC(=O)C2)CC1. The zero-order valence-electron chi connectivity index (χ0n) is 5.98. The lowest BCUT2D eigenvalue weighted by Gasteiger charge is -2.02. The summed E-state index contributed by atoms with van der Waals surface area (Å²) in [6, 6.07) is 0. The van der Waals surface area contributed by atoms with E-state index in [9.17, 15) is 4.79 Å². The third kappa shape index (κ3) is 0.735. The number of hydrogen-bond acceptors (Lipinski definition) is 2. The fraction of sp³-hybridized carbons (Fsp3) is 0.714. The maximum absolute atomic E-state index is 10.7. The third-order valence-electron chi connectivity index (χ3n) is 2.34. The fourth-order valence-corrected chi connectivity index (χ4v) is 1.19. The van der Waals surface area contributed by atoms with Gasteiger partial charge in [-0.05, 0) is 12.8 Å². The molecule has 1 fully saturated rings. The Balaban J connectivity index is 2.13. The van der Waals surface area contributed by atoms with Crippen LogP contribution in [0.1, 0.15) is 26.2 Å². The number of hydrazone groups is 1. The van der Waals surface area contributed by atoms with Crippen molar-refractivity contribution in [3.05, 3.63) is 0 Å². The van der Waals surface area contributed by atoms with E-state index in [1.165, 1.54) is 12.8 Å². The molecule has 1 heterocycles. The van der Waals surface area contributed by atoms with E-state index < -0.39 is 0 Å². The summed E-state index contributed by atoms with van der Waals surface area (Å²) in [4.78, 5) is 10.7. The van der Waals surface area contributed by atoms with Crippen LogP contribution in [0.15, 0.2) is 5.10 Å². The van der Waals surface area contributed by atoms with Crippen LogP contribution < -0.4 is 5.43 Å². The number of rotatable bonds is 1. The molecule has 0 radical (unpaired) electrons. The second kappa shape index (κ2) is 1.59. The van der Waals surface area contributed by atoms with Crippen molar-refractivity contribution in [3.8, 4) is 0 Å². The summed E-state index contributed by atoms with van der Waals surface area (Å²) in [7, 11) is 0. The van der Waals surface area contributed by atoms with E-state index in [-0.39, 0.29) is 11.3 Å². The molecule has 0 bridgehead atoms. The first-order chi connectivity index (χ1) is 4.71. The van der Waals surface area contributed by atoms with Gasteiger partial charge in [0.05, 0.1) is 12.1 Å². The van der Waals surface area contributed by atoms with E-state index in [1.54, 1.807) is 0 Å². The molecule has 0 aromatic rings. The van der Waals surface area contributed by atoms with E-state index in [0.717, 1.165) is 5.71 Å². The fourth-order valence-electron chi connectivity index (χ4n) is 1.19. The number of nitrogens with zero attached hydrogens (tertiary/aromatic N) is 1. The van der Waals surface area contributed by atoms with Gasteiger partial charge in [-0.2, -0.15) is 5.10 Å². The van der Waals surface area contributed by atoms with Crippen molar-refractivity contribution in [1.82, 2.24) is 5.43 Å². The molecule has 0 aromatic carbocycles. The molecule has 2 aliphatic rings. The highest BCUT2D eigenvalue weighted by Crippen LogP contribution is 2.47. The first-order valence-corrected chi connectivity index (χ1v) is 3.57. The van der Waals surface area contributed by atoms with Crippen molar-refractivity contribution in [2.75, 3.05) is 0 Å². The summed E-state index contributed by atoms with van der Waals surface area (Å²) >= 11 is 0. The summed E-state index contributed by atoms with van der Waals surface area (Å²) in [6.07, 6.45) is 2.91. The average molecular weight is 138 g/mol. The van der Waals surface area contributed by atoms with Crippen LogP contribution in [-0.2, 0) is 4.79 Å². The highest BCUT2D eigenvalue weighted by Gasteiger charge is 2.44. The Labute approximate surface area is 59.5 Å². The van der Waals surface area contributed by atoms with Gasteiger partial charge in [0.15, 0.2) is 0 Å². The first-order valence-electron chi connectivity index (χ1n) is 3.57. The van der Waals surface area contributed by atoms with E-state index in [4.69, 9.17) is 0 Å². The van der Waals surface area contributed by atoms with Crippen LogP contribution in [0.3, 0.4) is 0 Å². The van der Waals surface area contributed by atoms with Gasteiger partial charge >= 0.3 is 0 Å². The minimum Gasteiger partial charge on any atom is -0.273 e. The van der Waals surface area contributed by atoms with Gasteiger partial charge in [-0.1, -0.05) is 6.92 Å². The molecule has 0 atom stereocenters. The van der Waals surface area contributed by atoms with Gasteiger partial charge in [0.1, 0.15) is 0 Å². The molecule has 1 amide bonds. The molecular formula is C7H10N2O. The van der Waals surface area contributed by atoms with E-state index in [0.29, 0.717) is 6.42 Å². The van der Waals surface area contributed by atoms with Crippen LogP contribution in [0, 0.1) is 5.41 Å². The Morgan fingerprint density at radius 2 is 2.30 bits per heavy atom. The lowest BCUT2D eigenvalue weighted by Crippen LogP contribution is -2.12. The summed E-state index contributed by atoms with van der Waals surface area (Å²) in [6.45, 7) is 2.16. The molecule has 1 N–H and O–H groups in total. The Hall–Kier alpha value is -0.860. The molecule has 0 saturated heterocycles. The van der Waals surface area contributed by atoms with Crippen LogP contribution in [0.4, 0.5) is 0 Å². The average Bonchev–Trinajstić information content (AvgIpc) is 2.45. The lowest BCUT2D eigenvalue weighted by molar-refractivity contribution is -0.119. The molecule has 0 spiro atoms. The van der Waals surface area contributed by atoms with Gasteiger partial charge in [-0.25, -0.2) is 5.43 Å². The lowest BCUT2D eigenvalue weighted by atomic mass is 10.0. The van der Waals surface area contributed by atoms with Gasteiger partial charge in [0, 0.05) is 5.41 Å². The van der Waals surface area contributed by atoms with Crippen LogP contribution in [0.2, 0.25) is 0 Å². The standard InChI is InChI=1S/C7H10N2O/c1-7(2-3-7)5-4-6(10)9-8-5/h2-4H2,1H3,(H,9,10). The summed E-state index contributed by atoms with van der Waals surface area (Å²) in [5.41, 5.74) is 3.80. The molecule has 10 heavy (non-hydrogen) atoms. The quantitative estimate of drug-likeness (QED) is 0.568. The monoisotopic (exact) mass is 138 g/mol. The molecule has 0 unspecified atom stereocenters. The predicted octanol–water partition coefficient (Wildman–Crippen LogP) is 0.662. The summed E-state index contributed by atoms with van der Waals surface area (Å²) < 4.78 is 0. The van der Waals surface area contributed by atoms with Crippen molar-refractivity contribution in [3.63, 3.8) is 0 Å². The second-order valence-electron chi connectivity index (χ2n) is 3.33. The van der Waals surface area contributed by atoms with Crippen molar-refractivity contribution in [2.24, 2.45) is 10.5 Å². The molecule has 3 heteroatoms. The Morgan fingerprint density at radius 3 is 2.70 bits per heavy atom. The number of hydrogen-bond donors (Lipinski definition) is 1. The largest absolute Gasteiger partial charge is 0.273 e. The normalized spacial score (nSPS) is 27.7. The Morgan fingerprint density at radius 1 is 1.60 bits per heavy atom. The topological polar surface area (TPSA) is 41.5 Å². The van der Waals surface area contributed by atoms with Crippen LogP contribution in [0.25, 0.3) is 0 Å². The Bertz CT molecular complexity index is 216. The van der Waals surface area contributed by atoms with Crippen molar-refractivity contribution in [2.45, 2.75) is 26.2 Å². The highest BCUT2D eigenvalue weighted by molar-refractivity contribution is 6.08. The zero-order valence-corrected chi connectivity index (χ0v) is 5.98. The van der Waals surface area contributed by atoms with E-state index in [1.807, 2.05) is 0 Å². The van der Waals surface area contributed by atoms with Crippen molar-refractivity contribution in [1.29, 1.82) is 0 Å². The summed E-state index contributed by atoms with van der Waals surface area (Å²) in [5, 5.41) is 3.97. The van der Waals surface area contributed by atoms with Gasteiger partial charge in [0.2, 0.25) is 5.91 Å². The zero-order chi connectivity index (χ0) is 7.19. The second-order valence-corrected chi connectivity index (χ2v) is 3.33. The first kappa shape index (κ1) is 5.89. The highest BCUT2D eigenvalue weighted by atomic mass is 16.2. The van der Waals surface area contributed by atoms with Crippen LogP contribution in [0.5, 0.6) is 0 Å². The Kier molecular flexibility index (Phi) is 0.938. The summed E-state index contributed by atoms with van der Waals surface area (Å²) in [5.74, 6) is 0.0446. The number of carbonyl (C=O) groups excluding carboxylic acids is 1. The maximum atomic E-state index is 10.7. The molecule has 1 aliphatic heterocycles. The predicted molar refractivity (Wildman–Crippen MR) is 37.5 cm³/mol.